The molecule has 1 aromatic carbocycles. The van der Waals surface area contributed by atoms with E-state index in [1.54, 1.807) is 12.1 Å². The highest BCUT2D eigenvalue weighted by molar-refractivity contribution is 6.35. The van der Waals surface area contributed by atoms with Crippen LogP contribution in [0.25, 0.3) is 10.9 Å². The summed E-state index contributed by atoms with van der Waals surface area (Å²) in [5, 5.41) is 13.8. The third-order valence-electron chi connectivity index (χ3n) is 4.55. The molecule has 5 nitrogen and oxygen atoms in total. The van der Waals surface area contributed by atoms with Crippen LogP contribution < -0.4 is 5.32 Å². The van der Waals surface area contributed by atoms with Crippen molar-refractivity contribution in [1.29, 1.82) is 0 Å². The average molecular weight is 348 g/mol. The summed E-state index contributed by atoms with van der Waals surface area (Å²) >= 11 is 6.15. The molecule has 1 aromatic heterocycles. The highest BCUT2D eigenvalue weighted by Crippen LogP contribution is 2.21. The number of aliphatic hydroxyl groups is 1. The van der Waals surface area contributed by atoms with E-state index in [1.165, 1.54) is 0 Å². The molecule has 1 aliphatic rings. The van der Waals surface area contributed by atoms with Crippen molar-refractivity contribution >= 4 is 28.4 Å². The summed E-state index contributed by atoms with van der Waals surface area (Å²) in [6, 6.07) is 9.34. The van der Waals surface area contributed by atoms with Crippen LogP contribution in [-0.2, 0) is 0 Å². The number of likely N-dealkylation sites (tertiary alicyclic amines) is 1. The Balaban J connectivity index is 1.60. The molecule has 2 aromatic rings. The van der Waals surface area contributed by atoms with Crippen molar-refractivity contribution in [3.05, 3.63) is 41.0 Å². The van der Waals surface area contributed by atoms with Gasteiger partial charge < -0.3 is 10.4 Å². The number of amides is 1. The number of rotatable bonds is 5. The van der Waals surface area contributed by atoms with E-state index in [-0.39, 0.29) is 18.6 Å². The van der Waals surface area contributed by atoms with Crippen molar-refractivity contribution in [2.24, 2.45) is 0 Å². The molecule has 0 aliphatic carbocycles. The summed E-state index contributed by atoms with van der Waals surface area (Å²) in [4.78, 5) is 18.9. The highest BCUT2D eigenvalue weighted by atomic mass is 35.5. The lowest BCUT2D eigenvalue weighted by Crippen LogP contribution is -2.45. The number of carbonyl (C=O) groups excluding carboxylic acids is 1. The van der Waals surface area contributed by atoms with Crippen molar-refractivity contribution in [1.82, 2.24) is 15.2 Å². The zero-order valence-corrected chi connectivity index (χ0v) is 14.3. The Hall–Kier alpha value is -1.69. The number of piperidine rings is 1. The molecule has 0 bridgehead atoms. The molecule has 0 unspecified atom stereocenters. The lowest BCUT2D eigenvalue weighted by molar-refractivity contribution is 0.0847. The summed E-state index contributed by atoms with van der Waals surface area (Å²) in [5.41, 5.74) is 1.01. The molecule has 0 spiro atoms. The van der Waals surface area contributed by atoms with Crippen LogP contribution >= 0.6 is 11.6 Å². The quantitative estimate of drug-likeness (QED) is 0.872. The predicted molar refractivity (Wildman–Crippen MR) is 95.4 cm³/mol. The van der Waals surface area contributed by atoms with Gasteiger partial charge in [-0.2, -0.15) is 0 Å². The van der Waals surface area contributed by atoms with Gasteiger partial charge in [-0.1, -0.05) is 36.2 Å². The van der Waals surface area contributed by atoms with Crippen LogP contribution in [0.2, 0.25) is 5.02 Å². The van der Waals surface area contributed by atoms with E-state index in [0.717, 1.165) is 37.7 Å². The van der Waals surface area contributed by atoms with Gasteiger partial charge in [-0.15, -0.1) is 0 Å². The fraction of sp³-hybridized carbons (Fsp3) is 0.444. The molecule has 24 heavy (non-hydrogen) atoms. The number of hydrogen-bond acceptors (Lipinski definition) is 4. The Kier molecular flexibility index (Phi) is 5.66. The minimum Gasteiger partial charge on any atom is -0.395 e. The van der Waals surface area contributed by atoms with Crippen molar-refractivity contribution < 1.29 is 9.90 Å². The number of benzene rings is 1. The number of nitrogens with zero attached hydrogens (tertiary/aromatic N) is 2. The third kappa shape index (κ3) is 3.86. The molecule has 1 amide bonds. The second kappa shape index (κ2) is 7.92. The number of halogens is 1. The maximum atomic E-state index is 12.3. The van der Waals surface area contributed by atoms with Crippen molar-refractivity contribution in [2.45, 2.75) is 25.3 Å². The number of aliphatic hydroxyl groups excluding tert-OH is 1. The summed E-state index contributed by atoms with van der Waals surface area (Å²) < 4.78 is 0. The van der Waals surface area contributed by atoms with Crippen LogP contribution in [0.4, 0.5) is 0 Å². The van der Waals surface area contributed by atoms with E-state index < -0.39 is 0 Å². The van der Waals surface area contributed by atoms with Gasteiger partial charge in [0.25, 0.3) is 5.91 Å². The zero-order chi connectivity index (χ0) is 16.9. The second-order valence-electron chi connectivity index (χ2n) is 6.13. The van der Waals surface area contributed by atoms with Gasteiger partial charge in [0.1, 0.15) is 5.69 Å². The van der Waals surface area contributed by atoms with E-state index in [9.17, 15) is 9.90 Å². The number of nitrogens with one attached hydrogen (secondary N) is 1. The first kappa shape index (κ1) is 17.1. The lowest BCUT2D eigenvalue weighted by atomic mass is 10.0. The first-order valence-corrected chi connectivity index (χ1v) is 8.75. The van der Waals surface area contributed by atoms with Crippen molar-refractivity contribution in [2.75, 3.05) is 26.2 Å². The standard InChI is InChI=1S/C18H22ClN3O2/c19-15-6-3-4-13-7-8-16(21-17(13)15)18(24)20-9-11-22-10-2-1-5-14(22)12-23/h3-4,6-8,14,23H,1-2,5,9-12H2,(H,20,24)/t14-/m1/s1. The van der Waals surface area contributed by atoms with E-state index in [4.69, 9.17) is 11.6 Å². The van der Waals surface area contributed by atoms with Crippen LogP contribution in [-0.4, -0.2) is 53.2 Å². The molecule has 2 heterocycles. The Bertz CT molecular complexity index is 722. The molecule has 0 saturated carbocycles. The molecule has 128 valence electrons. The average Bonchev–Trinajstić information content (AvgIpc) is 2.62. The topological polar surface area (TPSA) is 65.5 Å². The maximum absolute atomic E-state index is 12.3. The molecule has 1 saturated heterocycles. The van der Waals surface area contributed by atoms with Gasteiger partial charge in [-0.25, -0.2) is 4.98 Å². The molecule has 1 atom stereocenters. The zero-order valence-electron chi connectivity index (χ0n) is 13.5. The van der Waals surface area contributed by atoms with E-state index in [0.29, 0.717) is 22.8 Å². The summed E-state index contributed by atoms with van der Waals surface area (Å²) in [7, 11) is 0. The van der Waals surface area contributed by atoms with Gasteiger partial charge in [-0.3, -0.25) is 9.69 Å². The molecule has 1 fully saturated rings. The first-order chi connectivity index (χ1) is 11.7. The summed E-state index contributed by atoms with van der Waals surface area (Å²) in [6.07, 6.45) is 3.33. The smallest absolute Gasteiger partial charge is 0.269 e. The number of aromatic nitrogens is 1. The number of para-hydroxylation sites is 1. The van der Waals surface area contributed by atoms with Crippen LogP contribution in [0.3, 0.4) is 0 Å². The molecule has 6 heteroatoms. The fourth-order valence-electron chi connectivity index (χ4n) is 3.20. The van der Waals surface area contributed by atoms with Crippen molar-refractivity contribution in [3.63, 3.8) is 0 Å². The van der Waals surface area contributed by atoms with Gasteiger partial charge in [0, 0.05) is 24.5 Å². The van der Waals surface area contributed by atoms with E-state index in [1.807, 2.05) is 18.2 Å². The van der Waals surface area contributed by atoms with E-state index >= 15 is 0 Å². The number of hydrogen-bond donors (Lipinski definition) is 2. The van der Waals surface area contributed by atoms with Crippen LogP contribution in [0.5, 0.6) is 0 Å². The molecule has 3 rings (SSSR count). The molecule has 1 aliphatic heterocycles. The van der Waals surface area contributed by atoms with Crippen LogP contribution in [0.1, 0.15) is 29.8 Å². The fourth-order valence-corrected chi connectivity index (χ4v) is 3.43. The number of pyridine rings is 1. The minimum atomic E-state index is -0.200. The molecule has 2 N–H and O–H groups in total. The lowest BCUT2D eigenvalue weighted by Gasteiger charge is -2.34. The van der Waals surface area contributed by atoms with Gasteiger partial charge in [0.05, 0.1) is 17.1 Å². The van der Waals surface area contributed by atoms with Crippen LogP contribution in [0, 0.1) is 0 Å². The van der Waals surface area contributed by atoms with Gasteiger partial charge in [0.15, 0.2) is 0 Å². The second-order valence-corrected chi connectivity index (χ2v) is 6.54. The highest BCUT2D eigenvalue weighted by Gasteiger charge is 2.21. The third-order valence-corrected chi connectivity index (χ3v) is 4.85. The molecular weight excluding hydrogens is 326 g/mol. The summed E-state index contributed by atoms with van der Waals surface area (Å²) in [6.45, 7) is 2.44. The molecule has 0 radical (unpaired) electrons. The van der Waals surface area contributed by atoms with Crippen LogP contribution in [0.15, 0.2) is 30.3 Å². The maximum Gasteiger partial charge on any atom is 0.269 e. The van der Waals surface area contributed by atoms with Gasteiger partial charge in [0.2, 0.25) is 0 Å². The van der Waals surface area contributed by atoms with E-state index in [2.05, 4.69) is 15.2 Å². The Morgan fingerprint density at radius 3 is 3.04 bits per heavy atom. The summed E-state index contributed by atoms with van der Waals surface area (Å²) in [5.74, 6) is -0.200. The Morgan fingerprint density at radius 2 is 2.21 bits per heavy atom. The van der Waals surface area contributed by atoms with Gasteiger partial charge in [-0.05, 0) is 31.5 Å². The SMILES string of the molecule is O=C(NCCN1CCCC[C@@H]1CO)c1ccc2cccc(Cl)c2n1. The molecular formula is C18H22ClN3O2. The predicted octanol–water partition coefficient (Wildman–Crippen LogP) is 2.46. The Labute approximate surface area is 146 Å². The minimum absolute atomic E-state index is 0.179. The van der Waals surface area contributed by atoms with Crippen molar-refractivity contribution in [3.8, 4) is 0 Å². The van der Waals surface area contributed by atoms with Gasteiger partial charge >= 0.3 is 0 Å². The Morgan fingerprint density at radius 1 is 1.33 bits per heavy atom. The first-order valence-electron chi connectivity index (χ1n) is 8.37. The largest absolute Gasteiger partial charge is 0.395 e. The number of fused-ring (bicyclic) bond motifs is 1. The number of carbonyl (C=O) groups is 1. The normalized spacial score (nSPS) is 18.7. The monoisotopic (exact) mass is 347 g/mol.